The van der Waals surface area contributed by atoms with E-state index in [0.29, 0.717) is 6.04 Å². The highest BCUT2D eigenvalue weighted by molar-refractivity contribution is 5.82. The molecule has 1 N–H and O–H groups in total. The van der Waals surface area contributed by atoms with Gasteiger partial charge in [-0.3, -0.25) is 4.99 Å². The largest absolute Gasteiger partial charge is 0.381 e. The number of aryl methyl sites for hydroxylation is 1. The maximum atomic E-state index is 4.49. The van der Waals surface area contributed by atoms with E-state index in [1.54, 1.807) is 0 Å². The number of benzene rings is 1. The number of anilines is 2. The fourth-order valence-corrected chi connectivity index (χ4v) is 3.43. The highest BCUT2D eigenvalue weighted by atomic mass is 15.2. The van der Waals surface area contributed by atoms with Gasteiger partial charge >= 0.3 is 0 Å². The lowest BCUT2D eigenvalue weighted by molar-refractivity contribution is 0.564. The molecule has 0 bridgehead atoms. The van der Waals surface area contributed by atoms with Crippen molar-refractivity contribution in [3.63, 3.8) is 0 Å². The Morgan fingerprint density at radius 2 is 2.19 bits per heavy atom. The van der Waals surface area contributed by atoms with Gasteiger partial charge in [0.05, 0.1) is 6.54 Å². The van der Waals surface area contributed by atoms with Gasteiger partial charge in [-0.2, -0.15) is 0 Å². The maximum absolute atomic E-state index is 4.49. The van der Waals surface area contributed by atoms with E-state index in [1.807, 2.05) is 0 Å². The zero-order chi connectivity index (χ0) is 14.8. The Bertz CT molecular complexity index is 586. The zero-order valence-corrected chi connectivity index (χ0v) is 13.3. The van der Waals surface area contributed by atoms with Crippen LogP contribution in [0.1, 0.15) is 37.8 Å². The summed E-state index contributed by atoms with van der Waals surface area (Å²) >= 11 is 0. The van der Waals surface area contributed by atoms with E-state index in [2.05, 4.69) is 60.4 Å². The first-order valence-corrected chi connectivity index (χ1v) is 8.01. The third-order valence-corrected chi connectivity index (χ3v) is 4.63. The smallest absolute Gasteiger partial charge is 0.0589 e. The molecule has 0 aromatic heterocycles. The van der Waals surface area contributed by atoms with Gasteiger partial charge in [-0.1, -0.05) is 6.08 Å². The minimum Gasteiger partial charge on any atom is -0.381 e. The molecule has 3 rings (SSSR count). The van der Waals surface area contributed by atoms with Crippen LogP contribution >= 0.6 is 0 Å². The average Bonchev–Trinajstić information content (AvgIpc) is 2.51. The molecule has 0 saturated carbocycles. The van der Waals surface area contributed by atoms with Crippen LogP contribution in [0.25, 0.3) is 5.57 Å². The monoisotopic (exact) mass is 283 g/mol. The lowest BCUT2D eigenvalue weighted by atomic mass is 9.97. The highest BCUT2D eigenvalue weighted by Gasteiger charge is 2.22. The Balaban J connectivity index is 1.97. The molecule has 1 unspecified atom stereocenters. The molecule has 3 heteroatoms. The van der Waals surface area contributed by atoms with Crippen molar-refractivity contribution in [2.75, 3.05) is 29.9 Å². The van der Waals surface area contributed by atoms with Crippen molar-refractivity contribution < 1.29 is 0 Å². The Hall–Kier alpha value is -1.77. The van der Waals surface area contributed by atoms with Crippen molar-refractivity contribution in [1.82, 2.24) is 0 Å². The topological polar surface area (TPSA) is 27.6 Å². The van der Waals surface area contributed by atoms with Crippen LogP contribution in [-0.2, 0) is 0 Å². The lowest BCUT2D eigenvalue weighted by Gasteiger charge is -2.35. The van der Waals surface area contributed by atoms with Gasteiger partial charge in [0.1, 0.15) is 0 Å². The van der Waals surface area contributed by atoms with Gasteiger partial charge in [0.15, 0.2) is 0 Å². The van der Waals surface area contributed by atoms with E-state index in [1.165, 1.54) is 34.5 Å². The summed E-state index contributed by atoms with van der Waals surface area (Å²) in [5, 5.41) is 3.51. The normalized spacial score (nSPS) is 20.5. The molecule has 0 saturated heterocycles. The van der Waals surface area contributed by atoms with Crippen LogP contribution in [0.2, 0.25) is 0 Å². The standard InChI is InChI=1S/C18H25N3/c1-4-21(15-6-5-8-19-12-15)18-11-17-16(10-14(18)3)13(2)7-9-20-17/h7-8,10-11,15,20H,4-6,9,12H2,1-3H3. The minimum absolute atomic E-state index is 0.539. The number of aliphatic imine (C=N–C) groups is 1. The summed E-state index contributed by atoms with van der Waals surface area (Å²) in [5.41, 5.74) is 6.72. The van der Waals surface area contributed by atoms with Crippen LogP contribution in [0.4, 0.5) is 11.4 Å². The molecule has 1 atom stereocenters. The first-order chi connectivity index (χ1) is 10.2. The van der Waals surface area contributed by atoms with Gasteiger partial charge in [-0.05, 0) is 63.1 Å². The molecule has 2 heterocycles. The number of fused-ring (bicyclic) bond motifs is 1. The molecule has 2 aliphatic rings. The summed E-state index contributed by atoms with van der Waals surface area (Å²) in [4.78, 5) is 7.02. The van der Waals surface area contributed by atoms with Crippen molar-refractivity contribution in [1.29, 1.82) is 0 Å². The van der Waals surface area contributed by atoms with E-state index in [9.17, 15) is 0 Å². The Morgan fingerprint density at radius 3 is 2.90 bits per heavy atom. The predicted molar refractivity (Wildman–Crippen MR) is 92.7 cm³/mol. The van der Waals surface area contributed by atoms with Gasteiger partial charge in [0.2, 0.25) is 0 Å². The fourth-order valence-electron chi connectivity index (χ4n) is 3.43. The molecule has 0 radical (unpaired) electrons. The molecule has 1 aromatic carbocycles. The van der Waals surface area contributed by atoms with E-state index in [0.717, 1.165) is 26.1 Å². The number of likely N-dealkylation sites (N-methyl/N-ethyl adjacent to an activating group) is 1. The summed E-state index contributed by atoms with van der Waals surface area (Å²) in [5.74, 6) is 0. The van der Waals surface area contributed by atoms with Crippen molar-refractivity contribution in [2.45, 2.75) is 39.7 Å². The SMILES string of the molecule is CCN(c1cc2c(cc1C)C(C)=CCN2)C1CCC=NC1. The van der Waals surface area contributed by atoms with Crippen LogP contribution < -0.4 is 10.2 Å². The summed E-state index contributed by atoms with van der Waals surface area (Å²) in [6.45, 7) is 9.57. The van der Waals surface area contributed by atoms with E-state index >= 15 is 0 Å². The molecule has 0 amide bonds. The Kier molecular flexibility index (Phi) is 4.00. The lowest BCUT2D eigenvalue weighted by Crippen LogP contribution is -2.39. The molecule has 3 nitrogen and oxygen atoms in total. The minimum atomic E-state index is 0.539. The molecule has 0 spiro atoms. The molecule has 2 aliphatic heterocycles. The van der Waals surface area contributed by atoms with E-state index in [4.69, 9.17) is 0 Å². The third-order valence-electron chi connectivity index (χ3n) is 4.63. The fraction of sp³-hybridized carbons (Fsp3) is 0.500. The van der Waals surface area contributed by atoms with E-state index in [-0.39, 0.29) is 0 Å². The van der Waals surface area contributed by atoms with Gasteiger partial charge < -0.3 is 10.2 Å². The van der Waals surface area contributed by atoms with Crippen LogP contribution in [0.15, 0.2) is 23.2 Å². The molecule has 1 aromatic rings. The molecule has 0 aliphatic carbocycles. The summed E-state index contributed by atoms with van der Waals surface area (Å²) in [7, 11) is 0. The van der Waals surface area contributed by atoms with Crippen LogP contribution in [0, 0.1) is 6.92 Å². The molecule has 0 fully saturated rings. The van der Waals surface area contributed by atoms with Gasteiger partial charge in [0.25, 0.3) is 0 Å². The van der Waals surface area contributed by atoms with Crippen molar-refractivity contribution in [3.05, 3.63) is 29.3 Å². The number of allylic oxidation sites excluding steroid dienone is 1. The van der Waals surface area contributed by atoms with Crippen molar-refractivity contribution in [3.8, 4) is 0 Å². The van der Waals surface area contributed by atoms with Crippen LogP contribution in [-0.4, -0.2) is 31.9 Å². The number of hydrogen-bond acceptors (Lipinski definition) is 3. The number of rotatable bonds is 3. The molecular weight excluding hydrogens is 258 g/mol. The second-order valence-corrected chi connectivity index (χ2v) is 6.02. The van der Waals surface area contributed by atoms with Crippen molar-refractivity contribution in [2.24, 2.45) is 4.99 Å². The summed E-state index contributed by atoms with van der Waals surface area (Å²) < 4.78 is 0. The maximum Gasteiger partial charge on any atom is 0.0589 e. The van der Waals surface area contributed by atoms with Gasteiger partial charge in [-0.25, -0.2) is 0 Å². The van der Waals surface area contributed by atoms with Gasteiger partial charge in [-0.15, -0.1) is 0 Å². The summed E-state index contributed by atoms with van der Waals surface area (Å²) in [6.07, 6.45) is 6.64. The van der Waals surface area contributed by atoms with Crippen LogP contribution in [0.3, 0.4) is 0 Å². The number of hydrogen-bond donors (Lipinski definition) is 1. The van der Waals surface area contributed by atoms with Crippen molar-refractivity contribution >= 4 is 23.2 Å². The highest BCUT2D eigenvalue weighted by Crippen LogP contribution is 2.35. The molecule has 112 valence electrons. The zero-order valence-electron chi connectivity index (χ0n) is 13.3. The van der Waals surface area contributed by atoms with E-state index < -0.39 is 0 Å². The second kappa shape index (κ2) is 5.92. The number of nitrogens with zero attached hydrogens (tertiary/aromatic N) is 2. The van der Waals surface area contributed by atoms with Gasteiger partial charge in [0, 0.05) is 36.1 Å². The molecular formula is C18H25N3. The quantitative estimate of drug-likeness (QED) is 0.911. The average molecular weight is 283 g/mol. The first-order valence-electron chi connectivity index (χ1n) is 8.01. The second-order valence-electron chi connectivity index (χ2n) is 6.02. The van der Waals surface area contributed by atoms with Crippen LogP contribution in [0.5, 0.6) is 0 Å². The summed E-state index contributed by atoms with van der Waals surface area (Å²) in [6, 6.07) is 5.21. The first kappa shape index (κ1) is 14.2. The molecule has 21 heavy (non-hydrogen) atoms. The third kappa shape index (κ3) is 2.69. The Morgan fingerprint density at radius 1 is 1.33 bits per heavy atom. The predicted octanol–water partition coefficient (Wildman–Crippen LogP) is 3.88. The number of nitrogens with one attached hydrogen (secondary N) is 1. The Labute approximate surface area is 127 Å².